The van der Waals surface area contributed by atoms with Gasteiger partial charge in [-0.1, -0.05) is 107 Å². The molecule has 0 spiro atoms. The Labute approximate surface area is 293 Å². The number of carbonyl (C=O) groups excluding carboxylic acids is 6. The minimum Gasteiger partial charge on any atom is -0.445 e. The number of nitrogens with two attached hydrogens (primary N) is 1. The zero-order valence-electron chi connectivity index (χ0n) is 29.4. The lowest BCUT2D eigenvalue weighted by atomic mass is 9.93. The van der Waals surface area contributed by atoms with Crippen molar-refractivity contribution < 1.29 is 33.5 Å². The van der Waals surface area contributed by atoms with Crippen LogP contribution in [0.3, 0.4) is 0 Å². The molecule has 4 atom stereocenters. The van der Waals surface area contributed by atoms with Gasteiger partial charge in [0.15, 0.2) is 0 Å². The van der Waals surface area contributed by atoms with E-state index in [0.717, 1.165) is 26.8 Å². The molecular formula is C38H49N5O7. The highest BCUT2D eigenvalue weighted by atomic mass is 16.5. The lowest BCUT2D eigenvalue weighted by Crippen LogP contribution is -2.56. The summed E-state index contributed by atoms with van der Waals surface area (Å²) in [5.74, 6) is -4.20. The number of nitrogens with zero attached hydrogens (tertiary/aromatic N) is 1. The molecule has 0 bridgehead atoms. The number of Topliss-reactive ketones (excluding diaryl/α,β-unsaturated/α-hetero) is 1. The van der Waals surface area contributed by atoms with Crippen molar-refractivity contribution in [2.45, 2.75) is 78.1 Å². The molecule has 3 aromatic rings. The van der Waals surface area contributed by atoms with Gasteiger partial charge in [-0.05, 0) is 46.6 Å². The Morgan fingerprint density at radius 1 is 0.780 bits per heavy atom. The van der Waals surface area contributed by atoms with Crippen molar-refractivity contribution in [3.05, 3.63) is 83.9 Å². The third-order valence-corrected chi connectivity index (χ3v) is 8.52. The summed E-state index contributed by atoms with van der Waals surface area (Å²) in [6.45, 7) is 6.98. The Bertz CT molecular complexity index is 1640. The van der Waals surface area contributed by atoms with Crippen LogP contribution in [0.4, 0.5) is 4.79 Å². The molecule has 0 saturated heterocycles. The van der Waals surface area contributed by atoms with Crippen LogP contribution in [0.5, 0.6) is 0 Å². The van der Waals surface area contributed by atoms with Crippen molar-refractivity contribution in [3.63, 3.8) is 0 Å². The predicted octanol–water partition coefficient (Wildman–Crippen LogP) is 3.64. The second kappa shape index (κ2) is 19.1. The SMILES string of the molecule is CC[C@H](C)C(NC(=O)[C@H](CCC(C)C)NC(=O)OCc1ccccc1)C(=O)C(=O)N(C)CC(=O)N[C@@H](Cc1ccc2ccccc2c1)C(N)=O. The summed E-state index contributed by atoms with van der Waals surface area (Å²) >= 11 is 0. The van der Waals surface area contributed by atoms with Crippen molar-refractivity contribution in [3.8, 4) is 0 Å². The Kier molecular flexibility index (Phi) is 14.9. The normalized spacial score (nSPS) is 13.4. The smallest absolute Gasteiger partial charge is 0.408 e. The molecule has 3 aromatic carbocycles. The number of benzene rings is 3. The second-order valence-corrected chi connectivity index (χ2v) is 13.0. The molecule has 5 amide bonds. The molecule has 0 heterocycles. The molecule has 268 valence electrons. The number of carbonyl (C=O) groups is 6. The van der Waals surface area contributed by atoms with Gasteiger partial charge in [-0.15, -0.1) is 0 Å². The Balaban J connectivity index is 1.64. The van der Waals surface area contributed by atoms with Crippen LogP contribution >= 0.6 is 0 Å². The van der Waals surface area contributed by atoms with Gasteiger partial charge < -0.3 is 31.3 Å². The second-order valence-electron chi connectivity index (χ2n) is 13.0. The van der Waals surface area contributed by atoms with Gasteiger partial charge in [-0.2, -0.15) is 0 Å². The number of hydrogen-bond donors (Lipinski definition) is 4. The molecule has 50 heavy (non-hydrogen) atoms. The number of nitrogens with one attached hydrogen (secondary N) is 3. The van der Waals surface area contributed by atoms with E-state index in [2.05, 4.69) is 16.0 Å². The van der Waals surface area contributed by atoms with Gasteiger partial charge in [0.05, 0.1) is 12.6 Å². The molecule has 5 N–H and O–H groups in total. The topological polar surface area (TPSA) is 177 Å². The largest absolute Gasteiger partial charge is 0.445 e. The van der Waals surface area contributed by atoms with Crippen molar-refractivity contribution in [1.82, 2.24) is 20.9 Å². The van der Waals surface area contributed by atoms with Crippen molar-refractivity contribution in [1.29, 1.82) is 0 Å². The van der Waals surface area contributed by atoms with E-state index in [4.69, 9.17) is 10.5 Å². The number of hydrogen-bond acceptors (Lipinski definition) is 7. The first kappa shape index (κ1) is 39.2. The number of likely N-dealkylation sites (N-methyl/N-ethyl adjacent to an activating group) is 1. The van der Waals surface area contributed by atoms with Crippen molar-refractivity contribution in [2.24, 2.45) is 17.6 Å². The van der Waals surface area contributed by atoms with Gasteiger partial charge in [0.2, 0.25) is 23.5 Å². The van der Waals surface area contributed by atoms with Crippen molar-refractivity contribution in [2.75, 3.05) is 13.6 Å². The number of fused-ring (bicyclic) bond motifs is 1. The van der Waals surface area contributed by atoms with Gasteiger partial charge in [-0.25, -0.2) is 4.79 Å². The molecular weight excluding hydrogens is 638 g/mol. The van der Waals surface area contributed by atoms with E-state index in [1.807, 2.05) is 81.4 Å². The molecule has 0 radical (unpaired) electrons. The van der Waals surface area contributed by atoms with Crippen LogP contribution in [-0.2, 0) is 41.7 Å². The van der Waals surface area contributed by atoms with Crippen LogP contribution in [0, 0.1) is 11.8 Å². The third kappa shape index (κ3) is 12.0. The monoisotopic (exact) mass is 687 g/mol. The maximum atomic E-state index is 13.5. The standard InChI is InChI=1S/C38H49N5O7/c1-6-25(4)33(42-36(47)30(19-16-24(2)3)41-38(49)50-23-26-12-8-7-9-13-26)34(45)37(48)43(5)22-32(44)40-31(35(39)46)21-27-17-18-28-14-10-11-15-29(28)20-27/h7-15,17-18,20,24-25,30-31,33H,6,16,19,21-23H2,1-5H3,(H2,39,46)(H,40,44)(H,41,49)(H,42,47)/t25-,30-,31-,33?/m0/s1. The van der Waals surface area contributed by atoms with E-state index in [1.165, 1.54) is 7.05 Å². The maximum absolute atomic E-state index is 13.5. The molecule has 3 rings (SSSR count). The molecule has 0 aliphatic carbocycles. The Morgan fingerprint density at radius 2 is 1.44 bits per heavy atom. The summed E-state index contributed by atoms with van der Waals surface area (Å²) in [6, 6.07) is 19.2. The van der Waals surface area contributed by atoms with Crippen molar-refractivity contribution >= 4 is 46.3 Å². The van der Waals surface area contributed by atoms with Crippen LogP contribution in [0.2, 0.25) is 0 Å². The number of primary amides is 1. The van der Waals surface area contributed by atoms with Gasteiger partial charge in [0.1, 0.15) is 18.7 Å². The predicted molar refractivity (Wildman–Crippen MR) is 190 cm³/mol. The first-order chi connectivity index (χ1) is 23.8. The van der Waals surface area contributed by atoms with E-state index in [9.17, 15) is 28.8 Å². The zero-order valence-corrected chi connectivity index (χ0v) is 29.4. The first-order valence-corrected chi connectivity index (χ1v) is 16.9. The van der Waals surface area contributed by atoms with Crippen LogP contribution in [0.1, 0.15) is 58.1 Å². The highest BCUT2D eigenvalue weighted by Crippen LogP contribution is 2.17. The molecule has 0 aromatic heterocycles. The molecule has 1 unspecified atom stereocenters. The van der Waals surface area contributed by atoms with Crippen LogP contribution < -0.4 is 21.7 Å². The number of ether oxygens (including phenoxy) is 1. The summed E-state index contributed by atoms with van der Waals surface area (Å²) in [5.41, 5.74) is 7.15. The quantitative estimate of drug-likeness (QED) is 0.148. The maximum Gasteiger partial charge on any atom is 0.408 e. The summed E-state index contributed by atoms with van der Waals surface area (Å²) in [4.78, 5) is 79.1. The summed E-state index contributed by atoms with van der Waals surface area (Å²) in [5, 5.41) is 9.85. The van der Waals surface area contributed by atoms with Crippen LogP contribution in [0.25, 0.3) is 10.8 Å². The van der Waals surface area contributed by atoms with E-state index < -0.39 is 66.1 Å². The minimum atomic E-state index is -1.22. The van der Waals surface area contributed by atoms with Gasteiger partial charge >= 0.3 is 6.09 Å². The number of amides is 5. The fraction of sp³-hybridized carbons (Fsp3) is 0.421. The fourth-order valence-corrected chi connectivity index (χ4v) is 5.30. The van der Waals surface area contributed by atoms with E-state index in [-0.39, 0.29) is 25.4 Å². The highest BCUT2D eigenvalue weighted by molar-refractivity contribution is 6.38. The number of ketones is 1. The average molecular weight is 688 g/mol. The molecule has 12 nitrogen and oxygen atoms in total. The van der Waals surface area contributed by atoms with Gasteiger partial charge in [0, 0.05) is 13.5 Å². The molecule has 12 heteroatoms. The minimum absolute atomic E-state index is 0.0111. The van der Waals surface area contributed by atoms with Crippen LogP contribution in [0.15, 0.2) is 72.8 Å². The molecule has 0 aliphatic heterocycles. The Hall–Kier alpha value is -5.26. The van der Waals surface area contributed by atoms with E-state index >= 15 is 0 Å². The summed E-state index contributed by atoms with van der Waals surface area (Å²) in [6.07, 6.45) is 0.673. The molecule has 0 fully saturated rings. The zero-order chi connectivity index (χ0) is 36.8. The lowest BCUT2D eigenvalue weighted by molar-refractivity contribution is -0.147. The van der Waals surface area contributed by atoms with Gasteiger partial charge in [0.25, 0.3) is 5.91 Å². The summed E-state index contributed by atoms with van der Waals surface area (Å²) in [7, 11) is 1.29. The van der Waals surface area contributed by atoms with E-state index in [0.29, 0.717) is 12.8 Å². The summed E-state index contributed by atoms with van der Waals surface area (Å²) < 4.78 is 5.31. The highest BCUT2D eigenvalue weighted by Gasteiger charge is 2.35. The molecule has 0 saturated carbocycles. The Morgan fingerprint density at radius 3 is 2.08 bits per heavy atom. The number of alkyl carbamates (subject to hydrolysis) is 1. The number of rotatable bonds is 18. The van der Waals surface area contributed by atoms with Gasteiger partial charge in [-0.3, -0.25) is 24.0 Å². The first-order valence-electron chi connectivity index (χ1n) is 16.9. The third-order valence-electron chi connectivity index (χ3n) is 8.52. The van der Waals surface area contributed by atoms with Crippen LogP contribution in [-0.4, -0.2) is 72.1 Å². The lowest BCUT2D eigenvalue weighted by Gasteiger charge is -2.27. The molecule has 0 aliphatic rings. The average Bonchev–Trinajstić information content (AvgIpc) is 3.10. The fourth-order valence-electron chi connectivity index (χ4n) is 5.30. The van der Waals surface area contributed by atoms with E-state index in [1.54, 1.807) is 19.1 Å².